The first-order chi connectivity index (χ1) is 5.33. The Kier molecular flexibility index (Phi) is 2.87. The van der Waals surface area contributed by atoms with Crippen molar-refractivity contribution in [2.24, 2.45) is 0 Å². The number of benzene rings is 1. The van der Waals surface area contributed by atoms with Gasteiger partial charge in [0.05, 0.1) is 0 Å². The average molecular weight is 166 g/mol. The third-order valence-corrected chi connectivity index (χ3v) is 1.47. The van der Waals surface area contributed by atoms with Crippen LogP contribution in [0.5, 0.6) is 0 Å². The predicted octanol–water partition coefficient (Wildman–Crippen LogP) is 2.46. The molecule has 0 aliphatic rings. The molecule has 11 heavy (non-hydrogen) atoms. The highest BCUT2D eigenvalue weighted by atomic mass is 35.5. The smallest absolute Gasteiger partial charge is 0.225 e. The molecule has 1 rings (SSSR count). The molecule has 1 aromatic rings. The van der Waals surface area contributed by atoms with Gasteiger partial charge in [0.1, 0.15) is 0 Å². The summed E-state index contributed by atoms with van der Waals surface area (Å²) in [4.78, 5) is 9.81. The minimum Gasteiger partial charge on any atom is -0.286 e. The lowest BCUT2D eigenvalue weighted by Gasteiger charge is -1.90. The minimum atomic E-state index is 0.692. The molecule has 0 heterocycles. The van der Waals surface area contributed by atoms with Crippen LogP contribution in [0.1, 0.15) is 5.56 Å². The second-order valence-corrected chi connectivity index (χ2v) is 2.44. The highest BCUT2D eigenvalue weighted by molar-refractivity contribution is 6.30. The van der Waals surface area contributed by atoms with E-state index in [9.17, 15) is 4.79 Å². The molecule has 0 fully saturated rings. The van der Waals surface area contributed by atoms with Gasteiger partial charge in [-0.25, -0.2) is 0 Å². The lowest BCUT2D eigenvalue weighted by Crippen LogP contribution is -1.70. The van der Waals surface area contributed by atoms with Crippen LogP contribution < -0.4 is 0 Å². The zero-order chi connectivity index (χ0) is 8.10. The molecule has 0 N–H and O–H groups in total. The van der Waals surface area contributed by atoms with E-state index in [1.165, 1.54) is 6.08 Å². The van der Waals surface area contributed by atoms with E-state index in [0.717, 1.165) is 5.56 Å². The van der Waals surface area contributed by atoms with Gasteiger partial charge in [-0.05, 0) is 23.8 Å². The van der Waals surface area contributed by atoms with Gasteiger partial charge < -0.3 is 0 Å². The normalized spacial score (nSPS) is 10.3. The van der Waals surface area contributed by atoms with Crippen molar-refractivity contribution >= 4 is 24.0 Å². The molecule has 0 atom stereocenters. The largest absolute Gasteiger partial charge is 0.286 e. The van der Waals surface area contributed by atoms with Crippen molar-refractivity contribution in [1.82, 2.24) is 0 Å². The molecular formula is C9H6ClO. The van der Waals surface area contributed by atoms with E-state index in [1.807, 2.05) is 12.1 Å². The maximum absolute atomic E-state index is 9.81. The number of halogens is 1. The molecule has 0 unspecified atom stereocenters. The van der Waals surface area contributed by atoms with Crippen LogP contribution in [-0.2, 0) is 4.79 Å². The lowest BCUT2D eigenvalue weighted by atomic mass is 10.2. The van der Waals surface area contributed by atoms with Crippen LogP contribution in [0, 0.1) is 0 Å². The minimum absolute atomic E-state index is 0.692. The SMILES string of the molecule is O=[C]/C=C/c1ccc(Cl)cc1. The molecule has 0 aliphatic heterocycles. The first-order valence-electron chi connectivity index (χ1n) is 3.13. The van der Waals surface area contributed by atoms with Gasteiger partial charge in [0.15, 0.2) is 0 Å². The van der Waals surface area contributed by atoms with Crippen LogP contribution >= 0.6 is 11.6 Å². The monoisotopic (exact) mass is 165 g/mol. The Morgan fingerprint density at radius 1 is 1.27 bits per heavy atom. The fourth-order valence-corrected chi connectivity index (χ4v) is 0.830. The van der Waals surface area contributed by atoms with E-state index >= 15 is 0 Å². The third kappa shape index (κ3) is 2.56. The molecule has 0 bridgehead atoms. The molecule has 0 aliphatic carbocycles. The summed E-state index contributed by atoms with van der Waals surface area (Å²) in [5.74, 6) is 0. The van der Waals surface area contributed by atoms with E-state index in [0.29, 0.717) is 5.02 Å². The molecule has 0 amide bonds. The highest BCUT2D eigenvalue weighted by Gasteiger charge is 1.85. The van der Waals surface area contributed by atoms with Gasteiger partial charge in [0.25, 0.3) is 0 Å². The molecule has 0 spiro atoms. The van der Waals surface area contributed by atoms with Crippen molar-refractivity contribution < 1.29 is 4.79 Å². The van der Waals surface area contributed by atoms with E-state index in [4.69, 9.17) is 11.6 Å². The van der Waals surface area contributed by atoms with Gasteiger partial charge in [0.2, 0.25) is 6.29 Å². The summed E-state index contributed by atoms with van der Waals surface area (Å²) in [5, 5.41) is 0.692. The molecule has 0 aromatic heterocycles. The topological polar surface area (TPSA) is 17.1 Å². The van der Waals surface area contributed by atoms with Gasteiger partial charge in [-0.3, -0.25) is 4.79 Å². The number of allylic oxidation sites excluding steroid dienone is 1. The Bertz CT molecular complexity index is 261. The molecular weight excluding hydrogens is 160 g/mol. The fourth-order valence-electron chi connectivity index (χ4n) is 0.704. The van der Waals surface area contributed by atoms with Gasteiger partial charge in [-0.15, -0.1) is 0 Å². The average Bonchev–Trinajstić information content (AvgIpc) is 2.04. The Hall–Kier alpha value is -1.08. The van der Waals surface area contributed by atoms with Crippen LogP contribution in [0.2, 0.25) is 5.02 Å². The Morgan fingerprint density at radius 2 is 1.91 bits per heavy atom. The van der Waals surface area contributed by atoms with Crippen molar-refractivity contribution in [3.8, 4) is 0 Å². The van der Waals surface area contributed by atoms with Crippen LogP contribution in [0.3, 0.4) is 0 Å². The molecule has 1 radical (unpaired) electrons. The van der Waals surface area contributed by atoms with Gasteiger partial charge in [0, 0.05) is 5.02 Å². The predicted molar refractivity (Wildman–Crippen MR) is 46.2 cm³/mol. The van der Waals surface area contributed by atoms with Crippen molar-refractivity contribution in [3.05, 3.63) is 40.9 Å². The molecule has 0 saturated heterocycles. The van der Waals surface area contributed by atoms with Crippen LogP contribution in [0.4, 0.5) is 0 Å². The van der Waals surface area contributed by atoms with Crippen molar-refractivity contribution in [3.63, 3.8) is 0 Å². The summed E-state index contributed by atoms with van der Waals surface area (Å²) in [6.07, 6.45) is 4.66. The van der Waals surface area contributed by atoms with Gasteiger partial charge in [-0.1, -0.05) is 29.8 Å². The Morgan fingerprint density at radius 3 is 2.45 bits per heavy atom. The van der Waals surface area contributed by atoms with Crippen LogP contribution in [-0.4, -0.2) is 6.29 Å². The van der Waals surface area contributed by atoms with E-state index in [1.54, 1.807) is 24.5 Å². The second kappa shape index (κ2) is 3.94. The van der Waals surface area contributed by atoms with E-state index < -0.39 is 0 Å². The maximum atomic E-state index is 9.81. The summed E-state index contributed by atoms with van der Waals surface area (Å²) >= 11 is 5.64. The van der Waals surface area contributed by atoms with Crippen molar-refractivity contribution in [2.45, 2.75) is 0 Å². The van der Waals surface area contributed by atoms with Crippen molar-refractivity contribution in [1.29, 1.82) is 0 Å². The Labute approximate surface area is 70.3 Å². The van der Waals surface area contributed by atoms with Crippen LogP contribution in [0.15, 0.2) is 30.3 Å². The molecule has 55 valence electrons. The fraction of sp³-hybridized carbons (Fsp3) is 0. The third-order valence-electron chi connectivity index (χ3n) is 1.21. The summed E-state index contributed by atoms with van der Waals surface area (Å²) in [7, 11) is 0. The number of rotatable bonds is 2. The summed E-state index contributed by atoms with van der Waals surface area (Å²) in [6.45, 7) is 0. The molecule has 1 aromatic carbocycles. The van der Waals surface area contributed by atoms with E-state index in [-0.39, 0.29) is 0 Å². The molecule has 0 saturated carbocycles. The number of carbonyl (C=O) groups excluding carboxylic acids is 1. The highest BCUT2D eigenvalue weighted by Crippen LogP contribution is 2.09. The standard InChI is InChI=1S/C9H6ClO/c10-9-5-3-8(4-6-9)2-1-7-11/h1-6H/b2-1+. The zero-order valence-electron chi connectivity index (χ0n) is 5.75. The van der Waals surface area contributed by atoms with Crippen LogP contribution in [0.25, 0.3) is 6.08 Å². The molecule has 2 heteroatoms. The first-order valence-corrected chi connectivity index (χ1v) is 3.50. The number of hydrogen-bond acceptors (Lipinski definition) is 1. The van der Waals surface area contributed by atoms with Gasteiger partial charge in [-0.2, -0.15) is 0 Å². The first kappa shape index (κ1) is 8.02. The number of hydrogen-bond donors (Lipinski definition) is 0. The second-order valence-electron chi connectivity index (χ2n) is 2.00. The van der Waals surface area contributed by atoms with E-state index in [2.05, 4.69) is 0 Å². The zero-order valence-corrected chi connectivity index (χ0v) is 6.51. The van der Waals surface area contributed by atoms with Gasteiger partial charge >= 0.3 is 0 Å². The summed E-state index contributed by atoms with van der Waals surface area (Å²) in [6, 6.07) is 7.20. The lowest BCUT2D eigenvalue weighted by molar-refractivity contribution is 0.564. The Balaban J connectivity index is 2.81. The molecule has 1 nitrogen and oxygen atoms in total. The summed E-state index contributed by atoms with van der Waals surface area (Å²) < 4.78 is 0. The maximum Gasteiger partial charge on any atom is 0.225 e. The summed E-state index contributed by atoms with van der Waals surface area (Å²) in [5.41, 5.74) is 0.942. The van der Waals surface area contributed by atoms with Crippen molar-refractivity contribution in [2.75, 3.05) is 0 Å². The quantitative estimate of drug-likeness (QED) is 0.616.